The topological polar surface area (TPSA) is 56.3 Å². The molecule has 0 aromatic heterocycles. The van der Waals surface area contributed by atoms with Gasteiger partial charge in [0, 0.05) is 71.6 Å². The Kier molecular flexibility index (Phi) is 7.32. The van der Waals surface area contributed by atoms with Crippen molar-refractivity contribution in [1.29, 1.82) is 0 Å². The summed E-state index contributed by atoms with van der Waals surface area (Å²) >= 11 is 0. The van der Waals surface area contributed by atoms with Crippen molar-refractivity contribution in [2.45, 2.75) is 56.6 Å². The number of hydrogen-bond donors (Lipinski definition) is 1. The van der Waals surface area contributed by atoms with Crippen LogP contribution in [-0.2, 0) is 11.3 Å². The molecule has 3 aliphatic rings. The minimum Gasteiger partial charge on any atom is -0.494 e. The van der Waals surface area contributed by atoms with Gasteiger partial charge in [0.15, 0.2) is 0 Å². The first-order valence-corrected chi connectivity index (χ1v) is 11.8. The number of hydrogen-bond acceptors (Lipinski definition) is 5. The van der Waals surface area contributed by atoms with Gasteiger partial charge in [0.25, 0.3) is 5.92 Å². The van der Waals surface area contributed by atoms with Gasteiger partial charge >= 0.3 is 0 Å². The molecule has 1 atom stereocenters. The van der Waals surface area contributed by atoms with Crippen molar-refractivity contribution in [2.24, 2.45) is 0 Å². The molecule has 0 saturated carbocycles. The molecule has 1 amide bonds. The molecule has 0 unspecified atom stereocenters. The van der Waals surface area contributed by atoms with Gasteiger partial charge in [-0.15, -0.1) is 0 Å². The van der Waals surface area contributed by atoms with Crippen molar-refractivity contribution in [3.63, 3.8) is 0 Å². The first kappa shape index (κ1) is 23.4. The van der Waals surface area contributed by atoms with E-state index in [0.29, 0.717) is 45.6 Å². The standard InChI is InChI=1S/C24H35F2N3O3/c25-24(26)9-14-27(15-10-24)18-23(31)8-13-28(19-23)17-20-4-6-21(7-5-20)32-16-2-12-29-11-1-3-22(29)30/h4-7,31H,1-3,8-19H2/t23-/m0/s1. The Bertz CT molecular complexity index is 766. The third-order valence-electron chi connectivity index (χ3n) is 6.86. The van der Waals surface area contributed by atoms with E-state index in [1.165, 1.54) is 0 Å². The molecule has 1 aromatic rings. The number of carbonyl (C=O) groups excluding carboxylic acids is 1. The number of β-amino-alcohol motifs (C(OH)–C–C–N with tert-alkyl or cyclic N) is 1. The lowest BCUT2D eigenvalue weighted by molar-refractivity contribution is -0.127. The van der Waals surface area contributed by atoms with E-state index < -0.39 is 11.5 Å². The lowest BCUT2D eigenvalue weighted by atomic mass is 10.00. The van der Waals surface area contributed by atoms with Crippen LogP contribution in [0, 0.1) is 0 Å². The highest BCUT2D eigenvalue weighted by Crippen LogP contribution is 2.30. The summed E-state index contributed by atoms with van der Waals surface area (Å²) in [6.45, 7) is 5.50. The second-order valence-electron chi connectivity index (χ2n) is 9.65. The molecule has 178 valence electrons. The van der Waals surface area contributed by atoms with Crippen molar-refractivity contribution < 1.29 is 23.4 Å². The van der Waals surface area contributed by atoms with Crippen molar-refractivity contribution in [1.82, 2.24) is 14.7 Å². The van der Waals surface area contributed by atoms with Gasteiger partial charge in [0.1, 0.15) is 5.75 Å². The van der Waals surface area contributed by atoms with Crippen LogP contribution in [0.5, 0.6) is 5.75 Å². The smallest absolute Gasteiger partial charge is 0.250 e. The molecule has 0 bridgehead atoms. The molecule has 1 aromatic carbocycles. The summed E-state index contributed by atoms with van der Waals surface area (Å²) in [5, 5.41) is 11.0. The maximum atomic E-state index is 13.4. The number of ether oxygens (including phenoxy) is 1. The van der Waals surface area contributed by atoms with E-state index in [9.17, 15) is 18.7 Å². The molecule has 8 heteroatoms. The van der Waals surface area contributed by atoms with Crippen molar-refractivity contribution in [3.8, 4) is 5.75 Å². The number of likely N-dealkylation sites (tertiary alicyclic amines) is 3. The van der Waals surface area contributed by atoms with Crippen LogP contribution >= 0.6 is 0 Å². The van der Waals surface area contributed by atoms with E-state index in [1.54, 1.807) is 0 Å². The summed E-state index contributed by atoms with van der Waals surface area (Å²) in [6.07, 6.45) is 2.91. The summed E-state index contributed by atoms with van der Waals surface area (Å²) in [7, 11) is 0. The van der Waals surface area contributed by atoms with Crippen LogP contribution < -0.4 is 4.74 Å². The lowest BCUT2D eigenvalue weighted by Crippen LogP contribution is -2.49. The summed E-state index contributed by atoms with van der Waals surface area (Å²) in [5.41, 5.74) is 0.328. The average molecular weight is 452 g/mol. The predicted octanol–water partition coefficient (Wildman–Crippen LogP) is 2.75. The monoisotopic (exact) mass is 451 g/mol. The Morgan fingerprint density at radius 2 is 1.72 bits per heavy atom. The van der Waals surface area contributed by atoms with Gasteiger partial charge in [0.05, 0.1) is 12.2 Å². The first-order chi connectivity index (χ1) is 15.3. The molecule has 0 radical (unpaired) electrons. The number of rotatable bonds is 9. The Hall–Kier alpha value is -1.77. The largest absolute Gasteiger partial charge is 0.494 e. The highest BCUT2D eigenvalue weighted by atomic mass is 19.3. The number of benzene rings is 1. The zero-order valence-corrected chi connectivity index (χ0v) is 18.8. The van der Waals surface area contributed by atoms with E-state index in [0.717, 1.165) is 50.3 Å². The van der Waals surface area contributed by atoms with E-state index in [1.807, 2.05) is 34.1 Å². The van der Waals surface area contributed by atoms with Gasteiger partial charge in [-0.3, -0.25) is 14.6 Å². The molecule has 0 spiro atoms. The third-order valence-corrected chi connectivity index (χ3v) is 6.86. The number of aliphatic hydroxyl groups is 1. The number of amides is 1. The van der Waals surface area contributed by atoms with Gasteiger partial charge in [-0.05, 0) is 37.0 Å². The van der Waals surface area contributed by atoms with Crippen LogP contribution in [0.25, 0.3) is 0 Å². The van der Waals surface area contributed by atoms with Gasteiger partial charge in [0.2, 0.25) is 5.91 Å². The van der Waals surface area contributed by atoms with Crippen LogP contribution in [0.15, 0.2) is 24.3 Å². The summed E-state index contributed by atoms with van der Waals surface area (Å²) in [6, 6.07) is 8.02. The van der Waals surface area contributed by atoms with Gasteiger partial charge < -0.3 is 14.7 Å². The van der Waals surface area contributed by atoms with E-state index in [4.69, 9.17) is 4.74 Å². The quantitative estimate of drug-likeness (QED) is 0.585. The molecule has 6 nitrogen and oxygen atoms in total. The van der Waals surface area contributed by atoms with Crippen molar-refractivity contribution >= 4 is 5.91 Å². The maximum Gasteiger partial charge on any atom is 0.250 e. The number of halogens is 2. The SMILES string of the molecule is O=C1CCCN1CCCOc1ccc(CN2CC[C@](O)(CN3CCC(F)(F)CC3)C2)cc1. The average Bonchev–Trinajstić information content (AvgIpc) is 3.33. The highest BCUT2D eigenvalue weighted by Gasteiger charge is 2.40. The lowest BCUT2D eigenvalue weighted by Gasteiger charge is -2.36. The third kappa shape index (κ3) is 6.39. The van der Waals surface area contributed by atoms with Crippen molar-refractivity contribution in [2.75, 3.05) is 52.4 Å². The number of alkyl halides is 2. The van der Waals surface area contributed by atoms with E-state index >= 15 is 0 Å². The minimum absolute atomic E-state index is 0.113. The molecular weight excluding hydrogens is 416 g/mol. The Morgan fingerprint density at radius 1 is 1.00 bits per heavy atom. The van der Waals surface area contributed by atoms with Gasteiger partial charge in [-0.25, -0.2) is 8.78 Å². The van der Waals surface area contributed by atoms with Crippen LogP contribution in [0.2, 0.25) is 0 Å². The normalized spacial score (nSPS) is 26.7. The van der Waals surface area contributed by atoms with Crippen molar-refractivity contribution in [3.05, 3.63) is 29.8 Å². The van der Waals surface area contributed by atoms with Gasteiger partial charge in [-0.2, -0.15) is 0 Å². The summed E-state index contributed by atoms with van der Waals surface area (Å²) < 4.78 is 32.5. The van der Waals surface area contributed by atoms with E-state index in [-0.39, 0.29) is 18.7 Å². The Labute approximate surface area is 189 Å². The molecular formula is C24H35F2N3O3. The van der Waals surface area contributed by atoms with Crippen LogP contribution in [0.1, 0.15) is 44.1 Å². The maximum absolute atomic E-state index is 13.4. The number of carbonyl (C=O) groups is 1. The fourth-order valence-electron chi connectivity index (χ4n) is 4.99. The minimum atomic E-state index is -2.55. The molecule has 3 aliphatic heterocycles. The molecule has 3 saturated heterocycles. The van der Waals surface area contributed by atoms with Crippen LogP contribution in [-0.4, -0.2) is 89.7 Å². The summed E-state index contributed by atoms with van der Waals surface area (Å²) in [4.78, 5) is 17.7. The Morgan fingerprint density at radius 3 is 2.41 bits per heavy atom. The molecule has 4 rings (SSSR count). The fraction of sp³-hybridized carbons (Fsp3) is 0.708. The van der Waals surface area contributed by atoms with Crippen LogP contribution in [0.4, 0.5) is 8.78 Å². The fourth-order valence-corrected chi connectivity index (χ4v) is 4.99. The number of nitrogens with zero attached hydrogens (tertiary/aromatic N) is 3. The second-order valence-corrected chi connectivity index (χ2v) is 9.65. The molecule has 3 fully saturated rings. The molecule has 0 aliphatic carbocycles. The molecule has 32 heavy (non-hydrogen) atoms. The van der Waals surface area contributed by atoms with E-state index in [2.05, 4.69) is 4.90 Å². The first-order valence-electron chi connectivity index (χ1n) is 11.8. The zero-order valence-electron chi connectivity index (χ0n) is 18.8. The molecule has 3 heterocycles. The molecule has 1 N–H and O–H groups in total. The van der Waals surface area contributed by atoms with Gasteiger partial charge in [-0.1, -0.05) is 12.1 Å². The summed E-state index contributed by atoms with van der Waals surface area (Å²) in [5.74, 6) is -1.48. The van der Waals surface area contributed by atoms with Crippen LogP contribution in [0.3, 0.4) is 0 Å². The Balaban J connectivity index is 1.16. The highest BCUT2D eigenvalue weighted by molar-refractivity contribution is 5.77. The second kappa shape index (κ2) is 10.0. The zero-order chi connectivity index (χ0) is 22.6. The predicted molar refractivity (Wildman–Crippen MR) is 118 cm³/mol. The number of piperidine rings is 1.